The maximum absolute atomic E-state index is 6.09. The minimum atomic E-state index is 0.279. The molecule has 0 aliphatic carbocycles. The highest BCUT2D eigenvalue weighted by molar-refractivity contribution is 6.20. The number of aryl methyl sites for hydroxylation is 2. The van der Waals surface area contributed by atoms with E-state index in [9.17, 15) is 0 Å². The normalized spacial score (nSPS) is 13.2. The summed E-state index contributed by atoms with van der Waals surface area (Å²) in [7, 11) is 1.91. The van der Waals surface area contributed by atoms with Gasteiger partial charge in [0.05, 0.1) is 0 Å². The summed E-state index contributed by atoms with van der Waals surface area (Å²) >= 11 is 6.09. The molecule has 0 radical (unpaired) electrons. The number of rotatable bonds is 5. The Morgan fingerprint density at radius 3 is 2.85 bits per heavy atom. The van der Waals surface area contributed by atoms with E-state index in [1.165, 1.54) is 0 Å². The molecule has 74 valence electrons. The zero-order chi connectivity index (χ0) is 9.68. The van der Waals surface area contributed by atoms with E-state index in [2.05, 4.69) is 17.0 Å². The van der Waals surface area contributed by atoms with Crippen molar-refractivity contribution in [1.82, 2.24) is 14.8 Å². The first-order valence-electron chi connectivity index (χ1n) is 4.71. The van der Waals surface area contributed by atoms with E-state index >= 15 is 0 Å². The summed E-state index contributed by atoms with van der Waals surface area (Å²) in [6, 6.07) is 0. The van der Waals surface area contributed by atoms with Crippen molar-refractivity contribution in [2.75, 3.05) is 0 Å². The predicted molar refractivity (Wildman–Crippen MR) is 53.9 cm³/mol. The number of halogens is 1. The van der Waals surface area contributed by atoms with Crippen LogP contribution in [0, 0.1) is 0 Å². The Morgan fingerprint density at radius 1 is 1.54 bits per heavy atom. The molecule has 0 fully saturated rings. The van der Waals surface area contributed by atoms with Crippen LogP contribution < -0.4 is 0 Å². The molecule has 1 atom stereocenters. The topological polar surface area (TPSA) is 30.7 Å². The van der Waals surface area contributed by atoms with Crippen molar-refractivity contribution in [3.8, 4) is 0 Å². The van der Waals surface area contributed by atoms with Gasteiger partial charge in [-0.05, 0) is 12.8 Å². The lowest BCUT2D eigenvalue weighted by Crippen LogP contribution is -2.05. The smallest absolute Gasteiger partial charge is 0.138 e. The fraction of sp³-hybridized carbons (Fsp3) is 0.778. The molecule has 4 heteroatoms. The molecular weight excluding hydrogens is 186 g/mol. The van der Waals surface area contributed by atoms with Gasteiger partial charge >= 0.3 is 0 Å². The van der Waals surface area contributed by atoms with Crippen LogP contribution in [0.5, 0.6) is 0 Å². The minimum absolute atomic E-state index is 0.279. The molecule has 1 unspecified atom stereocenters. The van der Waals surface area contributed by atoms with Crippen molar-refractivity contribution in [1.29, 1.82) is 0 Å². The molecule has 0 saturated heterocycles. The SMILES string of the molecule is CCCC(Cl)CCc1ncnn1C. The van der Waals surface area contributed by atoms with E-state index in [0.717, 1.165) is 31.5 Å². The van der Waals surface area contributed by atoms with Crippen molar-refractivity contribution in [3.63, 3.8) is 0 Å². The summed E-state index contributed by atoms with van der Waals surface area (Å²) in [5.41, 5.74) is 0. The summed E-state index contributed by atoms with van der Waals surface area (Å²) in [4.78, 5) is 4.14. The van der Waals surface area contributed by atoms with Crippen LogP contribution in [0.1, 0.15) is 32.0 Å². The fourth-order valence-electron chi connectivity index (χ4n) is 1.29. The largest absolute Gasteiger partial charge is 0.253 e. The molecule has 1 rings (SSSR count). The number of aromatic nitrogens is 3. The Labute approximate surface area is 84.1 Å². The van der Waals surface area contributed by atoms with Crippen LogP contribution >= 0.6 is 11.6 Å². The van der Waals surface area contributed by atoms with Crippen LogP contribution in [0.25, 0.3) is 0 Å². The van der Waals surface area contributed by atoms with Gasteiger partial charge in [-0.1, -0.05) is 13.3 Å². The molecule has 0 saturated carbocycles. The lowest BCUT2D eigenvalue weighted by atomic mass is 10.1. The molecule has 0 aliphatic rings. The number of hydrogen-bond donors (Lipinski definition) is 0. The van der Waals surface area contributed by atoms with Crippen LogP contribution in [-0.4, -0.2) is 20.1 Å². The second kappa shape index (κ2) is 5.22. The van der Waals surface area contributed by atoms with E-state index in [4.69, 9.17) is 11.6 Å². The molecule has 1 aromatic rings. The van der Waals surface area contributed by atoms with E-state index in [1.54, 1.807) is 11.0 Å². The third kappa shape index (κ3) is 3.35. The first kappa shape index (κ1) is 10.5. The molecule has 1 heterocycles. The fourth-order valence-corrected chi connectivity index (χ4v) is 1.62. The molecule has 0 spiro atoms. The lowest BCUT2D eigenvalue weighted by Gasteiger charge is -2.06. The van der Waals surface area contributed by atoms with Gasteiger partial charge in [-0.2, -0.15) is 5.10 Å². The van der Waals surface area contributed by atoms with E-state index in [0.29, 0.717) is 0 Å². The Morgan fingerprint density at radius 2 is 2.31 bits per heavy atom. The molecule has 1 aromatic heterocycles. The lowest BCUT2D eigenvalue weighted by molar-refractivity contribution is 0.627. The van der Waals surface area contributed by atoms with Crippen molar-refractivity contribution < 1.29 is 0 Å². The van der Waals surface area contributed by atoms with Gasteiger partial charge in [-0.25, -0.2) is 4.98 Å². The molecule has 13 heavy (non-hydrogen) atoms. The number of alkyl halides is 1. The summed E-state index contributed by atoms with van der Waals surface area (Å²) in [6.45, 7) is 2.15. The monoisotopic (exact) mass is 201 g/mol. The van der Waals surface area contributed by atoms with E-state index in [-0.39, 0.29) is 5.38 Å². The maximum Gasteiger partial charge on any atom is 0.138 e. The second-order valence-corrected chi connectivity index (χ2v) is 3.84. The molecule has 0 bridgehead atoms. The highest BCUT2D eigenvalue weighted by Gasteiger charge is 2.06. The van der Waals surface area contributed by atoms with Crippen molar-refractivity contribution >= 4 is 11.6 Å². The predicted octanol–water partition coefficient (Wildman–Crippen LogP) is 2.16. The molecule has 0 N–H and O–H groups in total. The second-order valence-electron chi connectivity index (χ2n) is 3.22. The van der Waals surface area contributed by atoms with Gasteiger partial charge in [-0.3, -0.25) is 4.68 Å². The van der Waals surface area contributed by atoms with Crippen LogP contribution in [-0.2, 0) is 13.5 Å². The summed E-state index contributed by atoms with van der Waals surface area (Å²) in [5, 5.41) is 4.28. The van der Waals surface area contributed by atoms with Crippen LogP contribution in [0.15, 0.2) is 6.33 Å². The van der Waals surface area contributed by atoms with E-state index < -0.39 is 0 Å². The average Bonchev–Trinajstić information content (AvgIpc) is 2.48. The van der Waals surface area contributed by atoms with Gasteiger partial charge < -0.3 is 0 Å². The van der Waals surface area contributed by atoms with Gasteiger partial charge in [0.15, 0.2) is 0 Å². The first-order valence-corrected chi connectivity index (χ1v) is 5.14. The molecular formula is C9H16ClN3. The van der Waals surface area contributed by atoms with Gasteiger partial charge in [0.2, 0.25) is 0 Å². The quantitative estimate of drug-likeness (QED) is 0.684. The van der Waals surface area contributed by atoms with Gasteiger partial charge in [0.25, 0.3) is 0 Å². The first-order chi connectivity index (χ1) is 6.24. The Bertz CT molecular complexity index is 247. The maximum atomic E-state index is 6.09. The van der Waals surface area contributed by atoms with Crippen LogP contribution in [0.2, 0.25) is 0 Å². The molecule has 3 nitrogen and oxygen atoms in total. The van der Waals surface area contributed by atoms with Gasteiger partial charge in [0.1, 0.15) is 12.2 Å². The standard InChI is InChI=1S/C9H16ClN3/c1-3-4-8(10)5-6-9-11-7-12-13(9)2/h7-8H,3-6H2,1-2H3. The minimum Gasteiger partial charge on any atom is -0.253 e. The Kier molecular flexibility index (Phi) is 4.22. The average molecular weight is 202 g/mol. The zero-order valence-electron chi connectivity index (χ0n) is 8.20. The Balaban J connectivity index is 2.30. The van der Waals surface area contributed by atoms with Crippen LogP contribution in [0.3, 0.4) is 0 Å². The van der Waals surface area contributed by atoms with Gasteiger partial charge in [-0.15, -0.1) is 11.6 Å². The van der Waals surface area contributed by atoms with E-state index in [1.807, 2.05) is 7.05 Å². The zero-order valence-corrected chi connectivity index (χ0v) is 8.96. The summed E-state index contributed by atoms with van der Waals surface area (Å²) < 4.78 is 1.80. The molecule has 0 amide bonds. The third-order valence-electron chi connectivity index (χ3n) is 2.09. The highest BCUT2D eigenvalue weighted by atomic mass is 35.5. The molecule has 0 aliphatic heterocycles. The van der Waals surface area contributed by atoms with Crippen molar-refractivity contribution in [3.05, 3.63) is 12.2 Å². The number of hydrogen-bond acceptors (Lipinski definition) is 2. The summed E-state index contributed by atoms with van der Waals surface area (Å²) in [6.07, 6.45) is 5.72. The van der Waals surface area contributed by atoms with Crippen LogP contribution in [0.4, 0.5) is 0 Å². The molecule has 0 aromatic carbocycles. The number of nitrogens with zero attached hydrogens (tertiary/aromatic N) is 3. The Hall–Kier alpha value is -0.570. The van der Waals surface area contributed by atoms with Crippen molar-refractivity contribution in [2.45, 2.75) is 38.0 Å². The summed E-state index contributed by atoms with van der Waals surface area (Å²) in [5.74, 6) is 1.02. The third-order valence-corrected chi connectivity index (χ3v) is 2.52. The van der Waals surface area contributed by atoms with Gasteiger partial charge in [0, 0.05) is 18.8 Å². The highest BCUT2D eigenvalue weighted by Crippen LogP contribution is 2.12. The van der Waals surface area contributed by atoms with Crippen molar-refractivity contribution in [2.24, 2.45) is 7.05 Å².